The van der Waals surface area contributed by atoms with E-state index in [4.69, 9.17) is 4.74 Å². The summed E-state index contributed by atoms with van der Waals surface area (Å²) >= 11 is 0. The minimum atomic E-state index is 0.299. The Bertz CT molecular complexity index is 450. The number of anilines is 1. The summed E-state index contributed by atoms with van der Waals surface area (Å²) in [7, 11) is 2.14. The number of nitrogens with one attached hydrogen (secondary N) is 1. The van der Waals surface area contributed by atoms with Gasteiger partial charge in [0.25, 0.3) is 0 Å². The molecule has 4 nitrogen and oxygen atoms in total. The molecular formula is C17H26N2O2. The number of rotatable bonds is 6. The van der Waals surface area contributed by atoms with E-state index in [2.05, 4.69) is 17.3 Å². The highest BCUT2D eigenvalue weighted by Crippen LogP contribution is 2.33. The Labute approximate surface area is 127 Å². The van der Waals surface area contributed by atoms with Crippen LogP contribution in [0.5, 0.6) is 5.75 Å². The van der Waals surface area contributed by atoms with Gasteiger partial charge < -0.3 is 20.1 Å². The van der Waals surface area contributed by atoms with E-state index in [1.807, 2.05) is 12.1 Å². The van der Waals surface area contributed by atoms with Crippen LogP contribution in [0.3, 0.4) is 0 Å². The van der Waals surface area contributed by atoms with Crippen LogP contribution in [0.25, 0.3) is 0 Å². The highest BCUT2D eigenvalue weighted by Gasteiger charge is 2.35. The van der Waals surface area contributed by atoms with E-state index >= 15 is 0 Å². The van der Waals surface area contributed by atoms with Gasteiger partial charge in [-0.15, -0.1) is 0 Å². The molecule has 3 rings (SSSR count). The number of aromatic hydroxyl groups is 1. The average Bonchev–Trinajstić information content (AvgIpc) is 3.31. The third kappa shape index (κ3) is 3.89. The van der Waals surface area contributed by atoms with Crippen LogP contribution in [-0.4, -0.2) is 44.5 Å². The number of phenols is 1. The first kappa shape index (κ1) is 14.7. The average molecular weight is 290 g/mol. The van der Waals surface area contributed by atoms with Crippen molar-refractivity contribution >= 4 is 5.69 Å². The summed E-state index contributed by atoms with van der Waals surface area (Å²) in [5, 5.41) is 13.1. The highest BCUT2D eigenvalue weighted by molar-refractivity contribution is 5.48. The van der Waals surface area contributed by atoms with Crippen LogP contribution in [0.1, 0.15) is 25.7 Å². The van der Waals surface area contributed by atoms with Crippen molar-refractivity contribution in [3.63, 3.8) is 0 Å². The molecule has 0 aromatic heterocycles. The third-order valence-corrected chi connectivity index (χ3v) is 4.76. The van der Waals surface area contributed by atoms with Crippen molar-refractivity contribution in [2.75, 3.05) is 38.3 Å². The van der Waals surface area contributed by atoms with Gasteiger partial charge in [0, 0.05) is 50.5 Å². The fourth-order valence-electron chi connectivity index (χ4n) is 3.15. The van der Waals surface area contributed by atoms with Gasteiger partial charge in [0.2, 0.25) is 0 Å². The summed E-state index contributed by atoms with van der Waals surface area (Å²) in [4.78, 5) is 2.30. The van der Waals surface area contributed by atoms with E-state index in [1.165, 1.54) is 12.8 Å². The Morgan fingerprint density at radius 3 is 2.52 bits per heavy atom. The zero-order valence-corrected chi connectivity index (χ0v) is 12.8. The van der Waals surface area contributed by atoms with E-state index in [1.54, 1.807) is 12.1 Å². The standard InChI is InChI=1S/C17H26N2O2/c1-19(15-4-6-16(20)7-5-15)13-17(8-10-21-11-9-17)12-18-14-2-3-14/h4-7,14,18,20H,2-3,8-13H2,1H3. The van der Waals surface area contributed by atoms with Gasteiger partial charge in [0.1, 0.15) is 5.75 Å². The molecule has 1 saturated heterocycles. The Morgan fingerprint density at radius 1 is 1.24 bits per heavy atom. The van der Waals surface area contributed by atoms with E-state index in [9.17, 15) is 5.11 Å². The lowest BCUT2D eigenvalue weighted by molar-refractivity contribution is 0.0186. The predicted octanol–water partition coefficient (Wildman–Crippen LogP) is 2.38. The Balaban J connectivity index is 1.65. The quantitative estimate of drug-likeness (QED) is 0.844. The van der Waals surface area contributed by atoms with Crippen LogP contribution in [0.15, 0.2) is 24.3 Å². The molecule has 0 spiro atoms. The van der Waals surface area contributed by atoms with Gasteiger partial charge in [0.15, 0.2) is 0 Å². The molecule has 2 fully saturated rings. The second kappa shape index (κ2) is 6.24. The smallest absolute Gasteiger partial charge is 0.115 e. The molecule has 1 aliphatic carbocycles. The SMILES string of the molecule is CN(CC1(CNC2CC2)CCOCC1)c1ccc(O)cc1. The Hall–Kier alpha value is -1.26. The van der Waals surface area contributed by atoms with Crippen molar-refractivity contribution < 1.29 is 9.84 Å². The zero-order valence-electron chi connectivity index (χ0n) is 12.8. The zero-order chi connectivity index (χ0) is 14.7. The van der Waals surface area contributed by atoms with Crippen LogP contribution in [0.4, 0.5) is 5.69 Å². The van der Waals surface area contributed by atoms with E-state index in [-0.39, 0.29) is 0 Å². The summed E-state index contributed by atoms with van der Waals surface area (Å²) in [5.74, 6) is 0.323. The summed E-state index contributed by atoms with van der Waals surface area (Å²) < 4.78 is 5.57. The van der Waals surface area contributed by atoms with Crippen LogP contribution in [0, 0.1) is 5.41 Å². The third-order valence-electron chi connectivity index (χ3n) is 4.76. The number of hydrogen-bond acceptors (Lipinski definition) is 4. The number of ether oxygens (including phenoxy) is 1. The first-order chi connectivity index (χ1) is 10.2. The van der Waals surface area contributed by atoms with Crippen molar-refractivity contribution in [1.82, 2.24) is 5.32 Å². The van der Waals surface area contributed by atoms with Gasteiger partial charge in [-0.1, -0.05) is 0 Å². The van der Waals surface area contributed by atoms with Gasteiger partial charge in [-0.3, -0.25) is 0 Å². The first-order valence-electron chi connectivity index (χ1n) is 7.98. The van der Waals surface area contributed by atoms with Crippen molar-refractivity contribution in [3.05, 3.63) is 24.3 Å². The maximum absolute atomic E-state index is 9.42. The molecule has 2 aliphatic rings. The molecule has 1 aromatic rings. The van der Waals surface area contributed by atoms with Gasteiger partial charge in [-0.2, -0.15) is 0 Å². The van der Waals surface area contributed by atoms with Crippen LogP contribution < -0.4 is 10.2 Å². The molecule has 0 atom stereocenters. The van der Waals surface area contributed by atoms with Crippen molar-refractivity contribution in [2.24, 2.45) is 5.41 Å². The highest BCUT2D eigenvalue weighted by atomic mass is 16.5. The van der Waals surface area contributed by atoms with Crippen LogP contribution in [-0.2, 0) is 4.74 Å². The molecule has 0 unspecified atom stereocenters. The lowest BCUT2D eigenvalue weighted by atomic mass is 9.79. The molecule has 116 valence electrons. The number of benzene rings is 1. The fourth-order valence-corrected chi connectivity index (χ4v) is 3.15. The lowest BCUT2D eigenvalue weighted by Gasteiger charge is -2.41. The van der Waals surface area contributed by atoms with Crippen molar-refractivity contribution in [2.45, 2.75) is 31.7 Å². The van der Waals surface area contributed by atoms with Gasteiger partial charge in [-0.05, 0) is 49.9 Å². The van der Waals surface area contributed by atoms with Crippen LogP contribution in [0.2, 0.25) is 0 Å². The minimum absolute atomic E-state index is 0.299. The van der Waals surface area contributed by atoms with Crippen molar-refractivity contribution in [3.8, 4) is 5.75 Å². The Kier molecular flexibility index (Phi) is 4.36. The molecule has 0 amide bonds. The second-order valence-electron chi connectivity index (χ2n) is 6.64. The molecule has 0 bridgehead atoms. The Morgan fingerprint density at radius 2 is 1.90 bits per heavy atom. The fraction of sp³-hybridized carbons (Fsp3) is 0.647. The lowest BCUT2D eigenvalue weighted by Crippen LogP contribution is -2.47. The van der Waals surface area contributed by atoms with Gasteiger partial charge in [-0.25, -0.2) is 0 Å². The molecule has 0 radical (unpaired) electrons. The largest absolute Gasteiger partial charge is 0.508 e. The molecule has 1 aliphatic heterocycles. The first-order valence-corrected chi connectivity index (χ1v) is 7.98. The normalized spacial score (nSPS) is 21.2. The predicted molar refractivity (Wildman–Crippen MR) is 84.9 cm³/mol. The summed E-state index contributed by atoms with van der Waals surface area (Å²) in [6, 6.07) is 8.23. The molecular weight excluding hydrogens is 264 g/mol. The maximum Gasteiger partial charge on any atom is 0.115 e. The molecule has 1 saturated carbocycles. The van der Waals surface area contributed by atoms with E-state index in [0.717, 1.165) is 50.9 Å². The van der Waals surface area contributed by atoms with Gasteiger partial charge >= 0.3 is 0 Å². The maximum atomic E-state index is 9.42. The second-order valence-corrected chi connectivity index (χ2v) is 6.64. The van der Waals surface area contributed by atoms with Crippen molar-refractivity contribution in [1.29, 1.82) is 0 Å². The summed E-state index contributed by atoms with van der Waals surface area (Å²) in [6.45, 7) is 3.86. The molecule has 4 heteroatoms. The topological polar surface area (TPSA) is 44.7 Å². The molecule has 1 aromatic carbocycles. The van der Waals surface area contributed by atoms with Gasteiger partial charge in [0.05, 0.1) is 0 Å². The number of phenolic OH excluding ortho intramolecular Hbond substituents is 1. The number of hydrogen-bond donors (Lipinski definition) is 2. The monoisotopic (exact) mass is 290 g/mol. The van der Waals surface area contributed by atoms with E-state index < -0.39 is 0 Å². The van der Waals surface area contributed by atoms with E-state index in [0.29, 0.717) is 11.2 Å². The van der Waals surface area contributed by atoms with Crippen LogP contribution >= 0.6 is 0 Å². The molecule has 2 N–H and O–H groups in total. The minimum Gasteiger partial charge on any atom is -0.508 e. The molecule has 1 heterocycles. The molecule has 21 heavy (non-hydrogen) atoms. The summed E-state index contributed by atoms with van der Waals surface area (Å²) in [6.07, 6.45) is 4.91. The summed E-state index contributed by atoms with van der Waals surface area (Å²) in [5.41, 5.74) is 1.46. The number of nitrogens with zero attached hydrogens (tertiary/aromatic N) is 1.